The Hall–Kier alpha value is -3.89. The van der Waals surface area contributed by atoms with Gasteiger partial charge < -0.3 is 25.2 Å². The summed E-state index contributed by atoms with van der Waals surface area (Å²) in [5, 5.41) is 4.49. The number of nitrogen functional groups attached to an aromatic ring is 1. The predicted molar refractivity (Wildman–Crippen MR) is 184 cm³/mol. The van der Waals surface area contributed by atoms with Crippen LogP contribution in [0.4, 0.5) is 23.7 Å². The Morgan fingerprint density at radius 3 is 2.24 bits per heavy atom. The summed E-state index contributed by atoms with van der Waals surface area (Å²) in [7, 11) is 2.11. The second kappa shape index (κ2) is 15.2. The zero-order valence-electron chi connectivity index (χ0n) is 27.9. The number of anilines is 1. The minimum atomic E-state index is -4.72. The van der Waals surface area contributed by atoms with Crippen LogP contribution in [-0.2, 0) is 22.1 Å². The van der Waals surface area contributed by atoms with E-state index in [2.05, 4.69) is 42.9 Å². The van der Waals surface area contributed by atoms with E-state index in [1.165, 1.54) is 15.6 Å². The first kappa shape index (κ1) is 35.9. The van der Waals surface area contributed by atoms with Crippen LogP contribution in [0.25, 0.3) is 11.4 Å². The summed E-state index contributed by atoms with van der Waals surface area (Å²) in [4.78, 5) is 50.8. The number of halogens is 4. The standard InChI is InChI=1S/C34H42BrF3N8O4/c1-42-11-7-24(8-12-42)43-15-17-44(18-16-43)31(47)28(21-22-19-26(34(36,37)38)29(39)27(35)20-22)50-33(49)45-13-9-25(10-14-45)46-32(48)40-30(41-46)23-5-3-2-4-6-23/h2-6,19-20,24-25,28H,7-18,21,39H2,1H3,(H,40,41,48)/t28-/m1/s1. The van der Waals surface area contributed by atoms with Gasteiger partial charge in [-0.2, -0.15) is 13.2 Å². The van der Waals surface area contributed by atoms with Crippen LogP contribution >= 0.6 is 15.9 Å². The van der Waals surface area contributed by atoms with Gasteiger partial charge in [0, 0.05) is 61.8 Å². The number of nitrogens with one attached hydrogen (secondary N) is 1. The number of alkyl halides is 3. The van der Waals surface area contributed by atoms with Gasteiger partial charge in [0.15, 0.2) is 11.9 Å². The van der Waals surface area contributed by atoms with Crippen LogP contribution in [0.5, 0.6) is 0 Å². The number of H-pyrrole nitrogens is 1. The van der Waals surface area contributed by atoms with Crippen molar-refractivity contribution in [3.63, 3.8) is 0 Å². The first-order valence-electron chi connectivity index (χ1n) is 16.9. The topological polar surface area (TPSA) is 133 Å². The van der Waals surface area contributed by atoms with Crippen molar-refractivity contribution in [3.05, 3.63) is 68.5 Å². The lowest BCUT2D eigenvalue weighted by Gasteiger charge is -2.42. The van der Waals surface area contributed by atoms with Crippen molar-refractivity contribution in [2.45, 2.75) is 56.5 Å². The summed E-state index contributed by atoms with van der Waals surface area (Å²) in [5.41, 5.74) is 4.82. The van der Waals surface area contributed by atoms with E-state index in [0.29, 0.717) is 50.9 Å². The third-order valence-electron chi connectivity index (χ3n) is 10.0. The maximum absolute atomic E-state index is 14.0. The molecule has 3 aliphatic heterocycles. The molecule has 0 unspecified atom stereocenters. The molecule has 3 aromatic rings. The fourth-order valence-electron chi connectivity index (χ4n) is 7.09. The number of carbonyl (C=O) groups is 2. The van der Waals surface area contributed by atoms with Crippen LogP contribution in [0.3, 0.4) is 0 Å². The molecule has 3 saturated heterocycles. The van der Waals surface area contributed by atoms with Gasteiger partial charge in [-0.1, -0.05) is 30.3 Å². The number of hydrogen-bond acceptors (Lipinski definition) is 8. The maximum atomic E-state index is 14.0. The smallest absolute Gasteiger partial charge is 0.418 e. The lowest BCUT2D eigenvalue weighted by molar-refractivity contribution is -0.143. The molecular weight excluding hydrogens is 721 g/mol. The molecule has 2 amide bonds. The molecule has 16 heteroatoms. The monoisotopic (exact) mass is 762 g/mol. The fraction of sp³-hybridized carbons (Fsp3) is 0.529. The number of rotatable bonds is 7. The molecule has 50 heavy (non-hydrogen) atoms. The Morgan fingerprint density at radius 1 is 0.960 bits per heavy atom. The minimum Gasteiger partial charge on any atom is -0.436 e. The number of piperazine rings is 1. The van der Waals surface area contributed by atoms with Gasteiger partial charge in [-0.25, -0.2) is 14.3 Å². The van der Waals surface area contributed by atoms with Gasteiger partial charge in [0.05, 0.1) is 17.3 Å². The highest BCUT2D eigenvalue weighted by Gasteiger charge is 2.37. The number of ether oxygens (including phenoxy) is 1. The van der Waals surface area contributed by atoms with Crippen molar-refractivity contribution in [1.82, 2.24) is 34.4 Å². The Labute approximate surface area is 296 Å². The third-order valence-corrected chi connectivity index (χ3v) is 10.7. The van der Waals surface area contributed by atoms with E-state index in [4.69, 9.17) is 10.5 Å². The lowest BCUT2D eigenvalue weighted by Crippen LogP contribution is -2.56. The van der Waals surface area contributed by atoms with Crippen LogP contribution in [-0.4, -0.2) is 118 Å². The van der Waals surface area contributed by atoms with Crippen molar-refractivity contribution in [1.29, 1.82) is 0 Å². The van der Waals surface area contributed by atoms with E-state index in [9.17, 15) is 27.6 Å². The van der Waals surface area contributed by atoms with Crippen LogP contribution in [0.15, 0.2) is 51.7 Å². The second-order valence-electron chi connectivity index (χ2n) is 13.3. The molecule has 270 valence electrons. The number of nitrogens with zero attached hydrogens (tertiary/aromatic N) is 6. The number of aromatic nitrogens is 3. The molecule has 3 aliphatic rings. The predicted octanol–water partition coefficient (Wildman–Crippen LogP) is 4.23. The summed E-state index contributed by atoms with van der Waals surface area (Å²) in [6.07, 6.45) is -4.12. The molecule has 1 aromatic heterocycles. The number of hydrogen-bond donors (Lipinski definition) is 2. The van der Waals surface area contributed by atoms with E-state index in [1.807, 2.05) is 30.3 Å². The van der Waals surface area contributed by atoms with Gasteiger partial charge in [-0.3, -0.25) is 14.7 Å². The lowest BCUT2D eigenvalue weighted by atomic mass is 10.0. The number of aromatic amines is 1. The molecule has 3 fully saturated rings. The van der Waals surface area contributed by atoms with Crippen molar-refractivity contribution in [3.8, 4) is 11.4 Å². The molecule has 0 spiro atoms. The van der Waals surface area contributed by atoms with Gasteiger partial charge in [-0.15, -0.1) is 5.10 Å². The van der Waals surface area contributed by atoms with Gasteiger partial charge in [0.25, 0.3) is 5.91 Å². The van der Waals surface area contributed by atoms with E-state index in [-0.39, 0.29) is 41.3 Å². The Morgan fingerprint density at radius 2 is 1.60 bits per heavy atom. The molecule has 0 aliphatic carbocycles. The van der Waals surface area contributed by atoms with E-state index >= 15 is 0 Å². The molecule has 4 heterocycles. The SMILES string of the molecule is CN1CCC(N2CCN(C(=O)[C@@H](Cc3cc(Br)c(N)c(C(F)(F)F)c3)OC(=O)N3CCC(n4nc(-c5ccccc5)[nH]c4=O)CC3)CC2)CC1. The quantitative estimate of drug-likeness (QED) is 0.342. The van der Waals surface area contributed by atoms with Gasteiger partial charge in [0.1, 0.15) is 0 Å². The van der Waals surface area contributed by atoms with Crippen LogP contribution in [0.2, 0.25) is 0 Å². The number of piperidine rings is 2. The molecule has 6 rings (SSSR count). The molecule has 0 saturated carbocycles. The normalized spacial score (nSPS) is 19.5. The van der Waals surface area contributed by atoms with Crippen molar-refractivity contribution in [2.75, 3.05) is 65.1 Å². The number of carbonyl (C=O) groups excluding carboxylic acids is 2. The Balaban J connectivity index is 1.14. The van der Waals surface area contributed by atoms with Crippen molar-refractivity contribution in [2.24, 2.45) is 0 Å². The van der Waals surface area contributed by atoms with Crippen molar-refractivity contribution >= 4 is 33.6 Å². The van der Waals surface area contributed by atoms with Crippen molar-refractivity contribution < 1.29 is 27.5 Å². The van der Waals surface area contributed by atoms with Crippen LogP contribution in [0.1, 0.15) is 42.9 Å². The molecule has 0 radical (unpaired) electrons. The number of amides is 2. The van der Waals surface area contributed by atoms with E-state index in [1.54, 1.807) is 4.90 Å². The zero-order valence-corrected chi connectivity index (χ0v) is 29.5. The number of likely N-dealkylation sites (tertiary alicyclic amines) is 2. The van der Waals surface area contributed by atoms with Gasteiger partial charge in [0.2, 0.25) is 0 Å². The highest BCUT2D eigenvalue weighted by Crippen LogP contribution is 2.38. The first-order chi connectivity index (χ1) is 23.9. The summed E-state index contributed by atoms with van der Waals surface area (Å²) >= 11 is 3.12. The summed E-state index contributed by atoms with van der Waals surface area (Å²) in [6.45, 7) is 4.70. The largest absolute Gasteiger partial charge is 0.436 e. The van der Waals surface area contributed by atoms with Gasteiger partial charge >= 0.3 is 18.0 Å². The summed E-state index contributed by atoms with van der Waals surface area (Å²) in [5.74, 6) is 0.00300. The average molecular weight is 764 g/mol. The zero-order chi connectivity index (χ0) is 35.6. The van der Waals surface area contributed by atoms with E-state index in [0.717, 1.165) is 37.6 Å². The summed E-state index contributed by atoms with van der Waals surface area (Å²) in [6, 6.07) is 11.8. The highest BCUT2D eigenvalue weighted by atomic mass is 79.9. The summed E-state index contributed by atoms with van der Waals surface area (Å²) < 4.78 is 48.8. The fourth-order valence-corrected chi connectivity index (χ4v) is 7.60. The second-order valence-corrected chi connectivity index (χ2v) is 14.2. The minimum absolute atomic E-state index is 0.0395. The molecular formula is C34H42BrF3N8O4. The number of nitrogens with two attached hydrogens (primary N) is 1. The molecule has 2 aromatic carbocycles. The van der Waals surface area contributed by atoms with Crippen LogP contribution in [0, 0.1) is 0 Å². The molecule has 1 atom stereocenters. The van der Waals surface area contributed by atoms with Gasteiger partial charge in [-0.05, 0) is 79.4 Å². The third kappa shape index (κ3) is 8.18. The van der Waals surface area contributed by atoms with E-state index < -0.39 is 35.5 Å². The Kier molecular flexibility index (Phi) is 10.9. The first-order valence-corrected chi connectivity index (χ1v) is 17.7. The molecule has 3 N–H and O–H groups in total. The maximum Gasteiger partial charge on any atom is 0.418 e. The molecule has 0 bridgehead atoms. The average Bonchev–Trinajstić information content (AvgIpc) is 3.50. The molecule has 12 nitrogen and oxygen atoms in total. The highest BCUT2D eigenvalue weighted by molar-refractivity contribution is 9.10. The Bertz CT molecular complexity index is 1710. The van der Waals surface area contributed by atoms with Crippen LogP contribution < -0.4 is 11.4 Å². The number of benzene rings is 2.